The van der Waals surface area contributed by atoms with Crippen LogP contribution in [-0.4, -0.2) is 26.8 Å². The molecular weight excluding hydrogens is 340 g/mol. The number of hydrogen-bond acceptors (Lipinski definition) is 5. The van der Waals surface area contributed by atoms with E-state index in [1.54, 1.807) is 16.2 Å². The van der Waals surface area contributed by atoms with Crippen LogP contribution in [0.25, 0.3) is 11.4 Å². The third kappa shape index (κ3) is 4.18. The Hall–Kier alpha value is -2.25. The van der Waals surface area contributed by atoms with Gasteiger partial charge >= 0.3 is 6.03 Å². The number of hydrogen-bond donors (Lipinski definition) is 1. The van der Waals surface area contributed by atoms with Crippen molar-refractivity contribution in [3.05, 3.63) is 52.7 Å². The average Bonchev–Trinajstić information content (AvgIpc) is 3.26. The molecule has 2 aromatic heterocycles. The third-order valence-electron chi connectivity index (χ3n) is 3.42. The molecule has 1 N–H and O–H groups in total. The van der Waals surface area contributed by atoms with Crippen molar-refractivity contribution in [2.24, 2.45) is 0 Å². The monoisotopic (exact) mass is 358 g/mol. The highest BCUT2D eigenvalue weighted by Crippen LogP contribution is 2.23. The Labute approximate surface area is 149 Å². The summed E-state index contributed by atoms with van der Waals surface area (Å²) in [7, 11) is 0. The summed E-state index contributed by atoms with van der Waals surface area (Å²) in [6.45, 7) is 3.33. The van der Waals surface area contributed by atoms with Crippen molar-refractivity contribution in [2.45, 2.75) is 19.9 Å². The average molecular weight is 358 g/mol. The lowest BCUT2D eigenvalue weighted by Gasteiger charge is -2.21. The fourth-order valence-corrected chi connectivity index (χ4v) is 3.49. The van der Waals surface area contributed by atoms with E-state index in [2.05, 4.69) is 21.6 Å². The lowest BCUT2D eigenvalue weighted by Crippen LogP contribution is -2.35. The highest BCUT2D eigenvalue weighted by atomic mass is 32.1. The SMILES string of the molecule is CCCN(Cc1ccccc1)C(=O)Nc1nc(-c2ccsc2)ns1. The van der Waals surface area contributed by atoms with Gasteiger partial charge in [-0.1, -0.05) is 37.3 Å². The Balaban J connectivity index is 1.67. The molecule has 0 unspecified atom stereocenters. The van der Waals surface area contributed by atoms with E-state index >= 15 is 0 Å². The highest BCUT2D eigenvalue weighted by molar-refractivity contribution is 7.10. The van der Waals surface area contributed by atoms with Gasteiger partial charge in [-0.3, -0.25) is 5.32 Å². The number of urea groups is 1. The summed E-state index contributed by atoms with van der Waals surface area (Å²) in [6.07, 6.45) is 0.899. The van der Waals surface area contributed by atoms with E-state index in [-0.39, 0.29) is 6.03 Å². The van der Waals surface area contributed by atoms with Crippen molar-refractivity contribution in [1.29, 1.82) is 0 Å². The number of nitrogens with zero attached hydrogens (tertiary/aromatic N) is 3. The third-order valence-corrected chi connectivity index (χ3v) is 4.73. The van der Waals surface area contributed by atoms with Crippen LogP contribution in [0.2, 0.25) is 0 Å². The summed E-state index contributed by atoms with van der Waals surface area (Å²) < 4.78 is 4.31. The molecular formula is C17H18N4OS2. The second-order valence-electron chi connectivity index (χ2n) is 5.27. The molecule has 0 aliphatic heterocycles. The Morgan fingerprint density at radius 1 is 1.25 bits per heavy atom. The van der Waals surface area contributed by atoms with Gasteiger partial charge in [0.1, 0.15) is 0 Å². The van der Waals surface area contributed by atoms with E-state index in [4.69, 9.17) is 0 Å². The number of benzene rings is 1. The Morgan fingerprint density at radius 2 is 2.08 bits per heavy atom. The van der Waals surface area contributed by atoms with Crippen LogP contribution < -0.4 is 5.32 Å². The highest BCUT2D eigenvalue weighted by Gasteiger charge is 2.16. The van der Waals surface area contributed by atoms with Gasteiger partial charge < -0.3 is 4.90 Å². The minimum absolute atomic E-state index is 0.145. The van der Waals surface area contributed by atoms with Crippen LogP contribution in [0.1, 0.15) is 18.9 Å². The van der Waals surface area contributed by atoms with Gasteiger partial charge in [0.15, 0.2) is 5.82 Å². The zero-order valence-corrected chi connectivity index (χ0v) is 14.9. The fourth-order valence-electron chi connectivity index (χ4n) is 2.28. The van der Waals surface area contributed by atoms with Gasteiger partial charge in [0.2, 0.25) is 5.13 Å². The Kier molecular flexibility index (Phi) is 5.55. The van der Waals surface area contributed by atoms with Crippen molar-refractivity contribution in [3.8, 4) is 11.4 Å². The minimum Gasteiger partial charge on any atom is -0.320 e. The van der Waals surface area contributed by atoms with E-state index in [1.165, 1.54) is 11.5 Å². The number of nitrogens with one attached hydrogen (secondary N) is 1. The van der Waals surface area contributed by atoms with Crippen LogP contribution in [0.5, 0.6) is 0 Å². The Morgan fingerprint density at radius 3 is 2.79 bits per heavy atom. The summed E-state index contributed by atoms with van der Waals surface area (Å²) in [4.78, 5) is 18.7. The van der Waals surface area contributed by atoms with Gasteiger partial charge in [-0.25, -0.2) is 4.79 Å². The molecule has 2 heterocycles. The van der Waals surface area contributed by atoms with Gasteiger partial charge in [0, 0.05) is 35.6 Å². The maximum absolute atomic E-state index is 12.6. The number of carbonyl (C=O) groups is 1. The molecule has 24 heavy (non-hydrogen) atoms. The molecule has 0 aliphatic rings. The van der Waals surface area contributed by atoms with E-state index in [0.717, 1.165) is 17.5 Å². The van der Waals surface area contributed by atoms with Crippen molar-refractivity contribution >= 4 is 34.0 Å². The Bertz CT molecular complexity index is 771. The van der Waals surface area contributed by atoms with Gasteiger partial charge in [0.05, 0.1) is 0 Å². The molecule has 3 aromatic rings. The van der Waals surface area contributed by atoms with Crippen molar-refractivity contribution in [2.75, 3.05) is 11.9 Å². The normalized spacial score (nSPS) is 10.5. The van der Waals surface area contributed by atoms with Crippen LogP contribution in [0.15, 0.2) is 47.2 Å². The lowest BCUT2D eigenvalue weighted by molar-refractivity contribution is 0.209. The second kappa shape index (κ2) is 8.03. The van der Waals surface area contributed by atoms with Gasteiger partial charge in [-0.05, 0) is 23.4 Å². The number of thiophene rings is 1. The second-order valence-corrected chi connectivity index (χ2v) is 6.80. The van der Waals surface area contributed by atoms with E-state index in [9.17, 15) is 4.79 Å². The molecule has 0 saturated carbocycles. The first kappa shape index (κ1) is 16.6. The van der Waals surface area contributed by atoms with E-state index in [1.807, 2.05) is 47.2 Å². The molecule has 3 rings (SSSR count). The molecule has 5 nitrogen and oxygen atoms in total. The van der Waals surface area contributed by atoms with Crippen molar-refractivity contribution in [3.63, 3.8) is 0 Å². The standard InChI is InChI=1S/C17H18N4OS2/c1-2-9-21(11-13-6-4-3-5-7-13)17(22)19-16-18-15(20-24-16)14-8-10-23-12-14/h3-8,10,12H,2,9,11H2,1H3,(H,18,19,20,22). The summed E-state index contributed by atoms with van der Waals surface area (Å²) in [6, 6.07) is 11.8. The molecule has 0 saturated heterocycles. The molecule has 124 valence electrons. The van der Waals surface area contributed by atoms with Crippen LogP contribution in [0.4, 0.5) is 9.93 Å². The largest absolute Gasteiger partial charge is 0.323 e. The number of rotatable bonds is 6. The molecule has 0 bridgehead atoms. The topological polar surface area (TPSA) is 58.1 Å². The predicted octanol–water partition coefficient (Wildman–Crippen LogP) is 4.71. The molecule has 0 atom stereocenters. The molecule has 2 amide bonds. The lowest BCUT2D eigenvalue weighted by atomic mass is 10.2. The molecule has 7 heteroatoms. The summed E-state index contributed by atoms with van der Waals surface area (Å²) in [5.74, 6) is 0.654. The molecule has 0 radical (unpaired) electrons. The van der Waals surface area contributed by atoms with Crippen LogP contribution in [0.3, 0.4) is 0 Å². The molecule has 0 fully saturated rings. The first-order valence-corrected chi connectivity index (χ1v) is 9.44. The van der Waals surface area contributed by atoms with Crippen LogP contribution in [0, 0.1) is 0 Å². The van der Waals surface area contributed by atoms with Gasteiger partial charge in [-0.2, -0.15) is 20.7 Å². The molecule has 0 spiro atoms. The number of amides is 2. The number of anilines is 1. The number of aromatic nitrogens is 2. The fraction of sp³-hybridized carbons (Fsp3) is 0.235. The smallest absolute Gasteiger partial charge is 0.320 e. The van der Waals surface area contributed by atoms with Crippen molar-refractivity contribution < 1.29 is 4.79 Å². The summed E-state index contributed by atoms with van der Waals surface area (Å²) >= 11 is 2.80. The van der Waals surface area contributed by atoms with Gasteiger partial charge in [-0.15, -0.1) is 0 Å². The summed E-state index contributed by atoms with van der Waals surface area (Å²) in [5, 5.41) is 7.36. The van der Waals surface area contributed by atoms with E-state index in [0.29, 0.717) is 24.0 Å². The minimum atomic E-state index is -0.145. The van der Waals surface area contributed by atoms with Crippen LogP contribution in [-0.2, 0) is 6.54 Å². The zero-order valence-electron chi connectivity index (χ0n) is 13.3. The van der Waals surface area contributed by atoms with Gasteiger partial charge in [0.25, 0.3) is 0 Å². The number of carbonyl (C=O) groups excluding carboxylic acids is 1. The quantitative estimate of drug-likeness (QED) is 0.694. The summed E-state index contributed by atoms with van der Waals surface area (Å²) in [5.41, 5.74) is 2.09. The first-order chi connectivity index (χ1) is 11.8. The van der Waals surface area contributed by atoms with Crippen LogP contribution >= 0.6 is 22.9 Å². The zero-order chi connectivity index (χ0) is 16.8. The van der Waals surface area contributed by atoms with Crippen molar-refractivity contribution in [1.82, 2.24) is 14.3 Å². The molecule has 0 aliphatic carbocycles. The molecule has 1 aromatic carbocycles. The first-order valence-electron chi connectivity index (χ1n) is 7.72. The maximum atomic E-state index is 12.6. The maximum Gasteiger partial charge on any atom is 0.323 e. The van der Waals surface area contributed by atoms with E-state index < -0.39 is 0 Å². The predicted molar refractivity (Wildman–Crippen MR) is 99.4 cm³/mol.